The van der Waals surface area contributed by atoms with E-state index in [0.717, 1.165) is 42.9 Å². The van der Waals surface area contributed by atoms with E-state index in [1.54, 1.807) is 4.90 Å². The zero-order valence-electron chi connectivity index (χ0n) is 9.99. The number of carbonyl (C=O) groups is 1. The number of nitrogens with one attached hydrogen (secondary N) is 1. The molecule has 0 unspecified atom stereocenters. The highest BCUT2D eigenvalue weighted by Crippen LogP contribution is 2.46. The van der Waals surface area contributed by atoms with Gasteiger partial charge in [-0.05, 0) is 49.7 Å². The Hall–Kier alpha value is -1.55. The van der Waals surface area contributed by atoms with Gasteiger partial charge in [0.15, 0.2) is 0 Å². The Labute approximate surface area is 101 Å². The number of carbonyl (C=O) groups excluding carboxylic acids is 1. The van der Waals surface area contributed by atoms with E-state index in [0.29, 0.717) is 0 Å². The van der Waals surface area contributed by atoms with Crippen LogP contribution in [0.2, 0.25) is 0 Å². The lowest BCUT2D eigenvalue weighted by atomic mass is 9.74. The minimum atomic E-state index is -0.329. The van der Waals surface area contributed by atoms with Gasteiger partial charge in [0.25, 0.3) is 0 Å². The van der Waals surface area contributed by atoms with Crippen LogP contribution in [0.4, 0.5) is 11.4 Å². The van der Waals surface area contributed by atoms with Crippen molar-refractivity contribution in [2.75, 3.05) is 30.8 Å². The van der Waals surface area contributed by atoms with Crippen LogP contribution in [-0.4, -0.2) is 26.0 Å². The third-order valence-corrected chi connectivity index (χ3v) is 4.07. The van der Waals surface area contributed by atoms with Gasteiger partial charge in [-0.2, -0.15) is 0 Å². The van der Waals surface area contributed by atoms with E-state index < -0.39 is 0 Å². The van der Waals surface area contributed by atoms with Gasteiger partial charge in [0, 0.05) is 18.4 Å². The largest absolute Gasteiger partial charge is 0.399 e. The zero-order valence-corrected chi connectivity index (χ0v) is 9.99. The molecule has 0 radical (unpaired) electrons. The number of nitrogens with two attached hydrogens (primary N) is 1. The van der Waals surface area contributed by atoms with Crippen LogP contribution >= 0.6 is 0 Å². The molecule has 1 amide bonds. The molecule has 1 aromatic carbocycles. The summed E-state index contributed by atoms with van der Waals surface area (Å²) in [6.45, 7) is 1.79. The van der Waals surface area contributed by atoms with Gasteiger partial charge < -0.3 is 16.0 Å². The summed E-state index contributed by atoms with van der Waals surface area (Å²) in [7, 11) is 1.86. The van der Waals surface area contributed by atoms with Gasteiger partial charge in [0.1, 0.15) is 0 Å². The molecular formula is C13H17N3O. The van der Waals surface area contributed by atoms with Gasteiger partial charge >= 0.3 is 0 Å². The van der Waals surface area contributed by atoms with Crippen molar-refractivity contribution in [3.63, 3.8) is 0 Å². The van der Waals surface area contributed by atoms with Gasteiger partial charge in [-0.25, -0.2) is 0 Å². The molecule has 3 N–H and O–H groups in total. The van der Waals surface area contributed by atoms with E-state index in [1.807, 2.05) is 25.2 Å². The van der Waals surface area contributed by atoms with E-state index in [2.05, 4.69) is 5.32 Å². The van der Waals surface area contributed by atoms with Crippen molar-refractivity contribution < 1.29 is 4.79 Å². The van der Waals surface area contributed by atoms with Crippen LogP contribution in [0.15, 0.2) is 18.2 Å². The van der Waals surface area contributed by atoms with E-state index in [-0.39, 0.29) is 11.3 Å². The average molecular weight is 231 g/mol. The Kier molecular flexibility index (Phi) is 2.16. The topological polar surface area (TPSA) is 58.4 Å². The molecule has 2 heterocycles. The van der Waals surface area contributed by atoms with Gasteiger partial charge in [0.05, 0.1) is 5.41 Å². The normalized spacial score (nSPS) is 21.9. The Morgan fingerprint density at radius 2 is 2.06 bits per heavy atom. The zero-order chi connectivity index (χ0) is 12.0. The molecule has 0 aromatic heterocycles. The SMILES string of the molecule is CN1C(=O)C2(CCNCC2)c2cc(N)ccc21. The molecule has 17 heavy (non-hydrogen) atoms. The molecule has 0 aliphatic carbocycles. The first-order chi connectivity index (χ1) is 8.15. The second-order valence-corrected chi connectivity index (χ2v) is 4.97. The molecule has 0 atom stereocenters. The van der Waals surface area contributed by atoms with E-state index >= 15 is 0 Å². The van der Waals surface area contributed by atoms with Crippen molar-refractivity contribution in [3.05, 3.63) is 23.8 Å². The monoisotopic (exact) mass is 231 g/mol. The molecule has 4 nitrogen and oxygen atoms in total. The number of fused-ring (bicyclic) bond motifs is 2. The molecule has 90 valence electrons. The highest BCUT2D eigenvalue weighted by atomic mass is 16.2. The lowest BCUT2D eigenvalue weighted by Crippen LogP contribution is -2.46. The van der Waals surface area contributed by atoms with E-state index in [4.69, 9.17) is 5.73 Å². The molecular weight excluding hydrogens is 214 g/mol. The summed E-state index contributed by atoms with van der Waals surface area (Å²) >= 11 is 0. The number of hydrogen-bond donors (Lipinski definition) is 2. The second kappa shape index (κ2) is 3.47. The predicted octanol–water partition coefficient (Wildman–Crippen LogP) is 0.866. The molecule has 1 fully saturated rings. The number of benzene rings is 1. The van der Waals surface area contributed by atoms with Gasteiger partial charge in [-0.1, -0.05) is 0 Å². The molecule has 1 spiro atoms. The van der Waals surface area contributed by atoms with Crippen LogP contribution in [0.25, 0.3) is 0 Å². The number of nitrogens with zero attached hydrogens (tertiary/aromatic N) is 1. The molecule has 2 aliphatic heterocycles. The Morgan fingerprint density at radius 3 is 2.76 bits per heavy atom. The third-order valence-electron chi connectivity index (χ3n) is 4.07. The molecule has 1 saturated heterocycles. The van der Waals surface area contributed by atoms with E-state index in [1.165, 1.54) is 0 Å². The van der Waals surface area contributed by atoms with Crippen LogP contribution in [0.3, 0.4) is 0 Å². The highest BCUT2D eigenvalue weighted by molar-refractivity contribution is 6.08. The van der Waals surface area contributed by atoms with Crippen molar-refractivity contribution in [3.8, 4) is 0 Å². The van der Waals surface area contributed by atoms with Gasteiger partial charge in [-0.15, -0.1) is 0 Å². The van der Waals surface area contributed by atoms with Crippen LogP contribution < -0.4 is 16.0 Å². The fraction of sp³-hybridized carbons (Fsp3) is 0.462. The van der Waals surface area contributed by atoms with Crippen molar-refractivity contribution in [1.82, 2.24) is 5.32 Å². The average Bonchev–Trinajstić information content (AvgIpc) is 2.54. The molecule has 0 bridgehead atoms. The fourth-order valence-electron chi connectivity index (χ4n) is 3.11. The van der Waals surface area contributed by atoms with Crippen molar-refractivity contribution in [2.24, 2.45) is 0 Å². The van der Waals surface area contributed by atoms with Gasteiger partial charge in [0.2, 0.25) is 5.91 Å². The number of amides is 1. The van der Waals surface area contributed by atoms with Gasteiger partial charge in [-0.3, -0.25) is 4.79 Å². The Bertz CT molecular complexity index is 478. The van der Waals surface area contributed by atoms with Crippen molar-refractivity contribution >= 4 is 17.3 Å². The predicted molar refractivity (Wildman–Crippen MR) is 68.0 cm³/mol. The minimum Gasteiger partial charge on any atom is -0.399 e. The molecule has 3 rings (SSSR count). The molecule has 0 saturated carbocycles. The summed E-state index contributed by atoms with van der Waals surface area (Å²) in [5.74, 6) is 0.222. The highest BCUT2D eigenvalue weighted by Gasteiger charge is 2.49. The number of rotatable bonds is 0. The first-order valence-corrected chi connectivity index (χ1v) is 6.04. The summed E-state index contributed by atoms with van der Waals surface area (Å²) in [5.41, 5.74) is 8.41. The smallest absolute Gasteiger partial charge is 0.237 e. The van der Waals surface area contributed by atoms with Crippen LogP contribution in [0.1, 0.15) is 18.4 Å². The maximum atomic E-state index is 12.5. The van der Waals surface area contributed by atoms with Crippen molar-refractivity contribution in [2.45, 2.75) is 18.3 Å². The van der Waals surface area contributed by atoms with Crippen LogP contribution in [0, 0.1) is 0 Å². The second-order valence-electron chi connectivity index (χ2n) is 4.97. The first-order valence-electron chi connectivity index (χ1n) is 6.04. The van der Waals surface area contributed by atoms with E-state index in [9.17, 15) is 4.79 Å². The van der Waals surface area contributed by atoms with Crippen LogP contribution in [0.5, 0.6) is 0 Å². The summed E-state index contributed by atoms with van der Waals surface area (Å²) in [4.78, 5) is 14.3. The lowest BCUT2D eigenvalue weighted by Gasteiger charge is -2.32. The fourth-order valence-corrected chi connectivity index (χ4v) is 3.11. The maximum absolute atomic E-state index is 12.5. The Morgan fingerprint density at radius 1 is 1.35 bits per heavy atom. The molecule has 1 aromatic rings. The number of likely N-dealkylation sites (N-methyl/N-ethyl adjacent to an activating group) is 1. The first kappa shape index (κ1) is 10.6. The quantitative estimate of drug-likeness (QED) is 0.651. The third kappa shape index (κ3) is 1.30. The molecule has 2 aliphatic rings. The summed E-state index contributed by atoms with van der Waals surface area (Å²) < 4.78 is 0. The molecule has 4 heteroatoms. The summed E-state index contributed by atoms with van der Waals surface area (Å²) in [6.07, 6.45) is 1.74. The number of piperidine rings is 1. The Balaban J connectivity index is 2.18. The van der Waals surface area contributed by atoms with Crippen LogP contribution in [-0.2, 0) is 10.2 Å². The summed E-state index contributed by atoms with van der Waals surface area (Å²) in [5, 5.41) is 3.31. The maximum Gasteiger partial charge on any atom is 0.237 e. The number of hydrogen-bond acceptors (Lipinski definition) is 3. The number of nitrogen functional groups attached to an aromatic ring is 1. The lowest BCUT2D eigenvalue weighted by molar-refractivity contribution is -0.123. The minimum absolute atomic E-state index is 0.222. The standard InChI is InChI=1S/C13H17N3O/c1-16-11-3-2-9(14)8-10(11)13(12(16)17)4-6-15-7-5-13/h2-3,8,15H,4-7,14H2,1H3. The summed E-state index contributed by atoms with van der Waals surface area (Å²) in [6, 6.07) is 5.80. The number of anilines is 2. The van der Waals surface area contributed by atoms with Crippen molar-refractivity contribution in [1.29, 1.82) is 0 Å².